The lowest BCUT2D eigenvalue weighted by Gasteiger charge is -2.52. The van der Waals surface area contributed by atoms with Gasteiger partial charge in [0.15, 0.2) is 0 Å². The maximum Gasteiger partial charge on any atom is 0.343 e. The highest BCUT2D eigenvalue weighted by Gasteiger charge is 2.49. The van der Waals surface area contributed by atoms with Gasteiger partial charge in [0.05, 0.1) is 34.3 Å². The molecule has 9 rings (SSSR count). The molecule has 4 amide bonds. The number of rotatable bonds is 10. The van der Waals surface area contributed by atoms with Crippen LogP contribution in [0.2, 0.25) is 10.0 Å². The van der Waals surface area contributed by atoms with Crippen LogP contribution in [0.5, 0.6) is 5.75 Å². The molecule has 17 heteroatoms. The predicted octanol–water partition coefficient (Wildman–Crippen LogP) is 5.20. The number of amides is 4. The van der Waals surface area contributed by atoms with E-state index in [0.29, 0.717) is 106 Å². The normalized spacial score (nSPS) is 26.2. The molecule has 6 aliphatic heterocycles. The molecule has 0 saturated carbocycles. The number of carbonyl (C=O) groups excluding carboxylic acids is 3. The first-order valence-corrected chi connectivity index (χ1v) is 20.3. The smallest absolute Gasteiger partial charge is 0.343 e. The first-order valence-electron chi connectivity index (χ1n) is 19.5. The quantitative estimate of drug-likeness (QED) is 0.280. The molecular formula is C41H45Cl2N9O6. The Morgan fingerprint density at radius 2 is 1.64 bits per heavy atom. The summed E-state index contributed by atoms with van der Waals surface area (Å²) in [4.78, 5) is 60.5. The molecule has 0 unspecified atom stereocenters. The monoisotopic (exact) mass is 829 g/mol. The number of hydrogen-bond acceptors (Lipinski definition) is 11. The molecule has 0 radical (unpaired) electrons. The molecule has 0 spiro atoms. The SMILES string of the molecule is COc1ccc([C@@H]2C=NN=N2)cc1C(=O)N1CC[C@](CCN2CCC(C(=O)NC(=O)N3[C@H](C(=O)O)N4CCN3CC4)(c3ccccc3)CC2)(c2ccc(Cl)c(Cl)c2)C1. The Morgan fingerprint density at radius 3 is 2.31 bits per heavy atom. The number of methoxy groups -OCH3 is 1. The minimum absolute atomic E-state index is 0.153. The van der Waals surface area contributed by atoms with Crippen molar-refractivity contribution in [3.05, 3.63) is 99.0 Å². The van der Waals surface area contributed by atoms with Crippen molar-refractivity contribution in [1.82, 2.24) is 30.0 Å². The molecule has 15 nitrogen and oxygen atoms in total. The van der Waals surface area contributed by atoms with Crippen molar-refractivity contribution in [3.8, 4) is 5.75 Å². The fourth-order valence-corrected chi connectivity index (χ4v) is 9.55. The second kappa shape index (κ2) is 16.4. The maximum absolute atomic E-state index is 14.3. The lowest BCUT2D eigenvalue weighted by Crippen LogP contribution is -2.74. The Balaban J connectivity index is 0.994. The Labute approximate surface area is 346 Å². The molecule has 304 valence electrons. The first kappa shape index (κ1) is 39.9. The molecule has 2 N–H and O–H groups in total. The Hall–Kier alpha value is -4.93. The zero-order valence-electron chi connectivity index (χ0n) is 32.1. The van der Waals surface area contributed by atoms with Crippen LogP contribution in [-0.2, 0) is 20.4 Å². The number of carboxylic acid groups (broad SMARTS) is 1. The van der Waals surface area contributed by atoms with Gasteiger partial charge in [0.2, 0.25) is 12.1 Å². The molecule has 0 aliphatic carbocycles. The molecular weight excluding hydrogens is 785 g/mol. The van der Waals surface area contributed by atoms with Gasteiger partial charge >= 0.3 is 12.0 Å². The maximum atomic E-state index is 14.3. The summed E-state index contributed by atoms with van der Waals surface area (Å²) in [6.45, 7) is 4.85. The number of benzene rings is 3. The molecule has 6 heterocycles. The Morgan fingerprint density at radius 1 is 0.879 bits per heavy atom. The largest absolute Gasteiger partial charge is 0.496 e. The van der Waals surface area contributed by atoms with Crippen LogP contribution >= 0.6 is 23.2 Å². The van der Waals surface area contributed by atoms with E-state index in [2.05, 4.69) is 25.7 Å². The second-order valence-electron chi connectivity index (χ2n) is 15.6. The van der Waals surface area contributed by atoms with E-state index in [0.717, 1.165) is 16.7 Å². The Bertz CT molecular complexity index is 2130. The van der Waals surface area contributed by atoms with E-state index in [4.69, 9.17) is 27.9 Å². The number of aliphatic carboxylic acids is 1. The van der Waals surface area contributed by atoms with Crippen molar-refractivity contribution in [2.45, 2.75) is 48.7 Å². The number of piperidine rings is 1. The van der Waals surface area contributed by atoms with Gasteiger partial charge in [-0.1, -0.05) is 65.7 Å². The highest BCUT2D eigenvalue weighted by Crippen LogP contribution is 2.43. The van der Waals surface area contributed by atoms with Gasteiger partial charge in [-0.15, -0.1) is 5.10 Å². The Kier molecular flexibility index (Phi) is 11.3. The molecule has 3 aromatic rings. The minimum Gasteiger partial charge on any atom is -0.496 e. The third-order valence-electron chi connectivity index (χ3n) is 12.6. The van der Waals surface area contributed by atoms with E-state index in [1.54, 1.807) is 41.4 Å². The van der Waals surface area contributed by atoms with Gasteiger partial charge in [0.25, 0.3) is 5.91 Å². The zero-order chi connectivity index (χ0) is 40.6. The van der Waals surface area contributed by atoms with Crippen molar-refractivity contribution in [3.63, 3.8) is 0 Å². The molecule has 2 bridgehead atoms. The van der Waals surface area contributed by atoms with E-state index in [9.17, 15) is 24.3 Å². The van der Waals surface area contributed by atoms with Crippen LogP contribution in [0.3, 0.4) is 0 Å². The van der Waals surface area contributed by atoms with Gasteiger partial charge in [-0.25, -0.2) is 19.6 Å². The number of carbonyl (C=O) groups is 4. The molecule has 58 heavy (non-hydrogen) atoms. The summed E-state index contributed by atoms with van der Waals surface area (Å²) in [5, 5.41) is 28.1. The van der Waals surface area contributed by atoms with E-state index in [1.165, 1.54) is 5.01 Å². The highest BCUT2D eigenvalue weighted by atomic mass is 35.5. The summed E-state index contributed by atoms with van der Waals surface area (Å²) < 4.78 is 5.63. The summed E-state index contributed by atoms with van der Waals surface area (Å²) in [5.41, 5.74) is 1.57. The van der Waals surface area contributed by atoms with E-state index < -0.39 is 34.9 Å². The van der Waals surface area contributed by atoms with Gasteiger partial charge in [0, 0.05) is 44.7 Å². The molecule has 5 fully saturated rings. The van der Waals surface area contributed by atoms with Gasteiger partial charge in [0.1, 0.15) is 11.8 Å². The number of ether oxygens (including phenoxy) is 1. The first-order chi connectivity index (χ1) is 28.0. The van der Waals surface area contributed by atoms with E-state index in [-0.39, 0.29) is 11.9 Å². The number of nitrogens with one attached hydrogen (secondary N) is 1. The zero-order valence-corrected chi connectivity index (χ0v) is 33.6. The topological polar surface area (TPSA) is 163 Å². The number of hydrazine groups is 1. The number of piperazine rings is 1. The summed E-state index contributed by atoms with van der Waals surface area (Å²) in [7, 11) is 1.54. The summed E-state index contributed by atoms with van der Waals surface area (Å²) in [6, 6.07) is 19.5. The van der Waals surface area contributed by atoms with Gasteiger partial charge in [-0.05, 0) is 91.5 Å². The number of urea groups is 1. The van der Waals surface area contributed by atoms with Crippen LogP contribution in [0, 0.1) is 0 Å². The molecule has 0 aromatic heterocycles. The van der Waals surface area contributed by atoms with Crippen molar-refractivity contribution < 1.29 is 29.0 Å². The number of fused-ring (bicyclic) bond motifs is 3. The van der Waals surface area contributed by atoms with Crippen molar-refractivity contribution in [1.29, 1.82) is 0 Å². The van der Waals surface area contributed by atoms with Crippen LogP contribution in [0.15, 0.2) is 82.2 Å². The molecule has 3 aromatic carbocycles. The predicted molar refractivity (Wildman–Crippen MR) is 216 cm³/mol. The van der Waals surface area contributed by atoms with E-state index in [1.807, 2.05) is 53.4 Å². The van der Waals surface area contributed by atoms with Gasteiger partial charge in [-0.3, -0.25) is 19.8 Å². The standard InChI is InChI=1S/C41H45Cl2N9O6/c1-58-34-10-7-27(33-25-44-47-46-33)23-30(34)36(53)50-18-12-40(26-50,29-8-9-31(42)32(43)24-29)11-15-48-16-13-41(14-17-48,28-5-3-2-4-6-28)38(56)45-39(57)52-35(37(54)55)49-19-21-51(52)22-20-49/h2-10,23-25,33,35H,11-22,26H2,1H3,(H,54,55)(H,45,56,57)/t33-,35+,40-/m0/s1. The number of carboxylic acids is 1. The lowest BCUT2D eigenvalue weighted by molar-refractivity contribution is -0.190. The van der Waals surface area contributed by atoms with Crippen LogP contribution in [0.1, 0.15) is 58.8 Å². The highest BCUT2D eigenvalue weighted by molar-refractivity contribution is 6.42. The van der Waals surface area contributed by atoms with Crippen LogP contribution in [-0.4, -0.2) is 132 Å². The number of imide groups is 1. The van der Waals surface area contributed by atoms with Crippen molar-refractivity contribution >= 4 is 53.2 Å². The van der Waals surface area contributed by atoms with Gasteiger partial charge in [-0.2, -0.15) is 5.11 Å². The minimum atomic E-state index is -1.17. The fraction of sp³-hybridized carbons (Fsp3) is 0.439. The summed E-state index contributed by atoms with van der Waals surface area (Å²) in [5.74, 6) is -1.26. The number of halogens is 2. The number of hydrogen-bond donors (Lipinski definition) is 2. The number of nitrogens with zero attached hydrogens (tertiary/aromatic N) is 8. The van der Waals surface area contributed by atoms with Crippen LogP contribution in [0.4, 0.5) is 4.79 Å². The third kappa shape index (κ3) is 7.45. The van der Waals surface area contributed by atoms with E-state index >= 15 is 0 Å². The molecule has 6 aliphatic rings. The summed E-state index contributed by atoms with van der Waals surface area (Å²) >= 11 is 13.0. The van der Waals surface area contributed by atoms with Crippen molar-refractivity contribution in [2.75, 3.05) is 66.0 Å². The van der Waals surface area contributed by atoms with Crippen molar-refractivity contribution in [2.24, 2.45) is 15.4 Å². The average Bonchev–Trinajstić information content (AvgIpc) is 3.96. The second-order valence-corrected chi connectivity index (χ2v) is 16.4. The van der Waals surface area contributed by atoms with Crippen LogP contribution in [0.25, 0.3) is 0 Å². The van der Waals surface area contributed by atoms with Gasteiger partial charge < -0.3 is 19.6 Å². The average molecular weight is 831 g/mol. The summed E-state index contributed by atoms with van der Waals surface area (Å²) in [6.07, 6.45) is 2.74. The number of likely N-dealkylation sites (tertiary alicyclic amines) is 2. The third-order valence-corrected chi connectivity index (χ3v) is 13.3. The van der Waals surface area contributed by atoms with Crippen LogP contribution < -0.4 is 10.1 Å². The molecule has 3 atom stereocenters. The lowest BCUT2D eigenvalue weighted by atomic mass is 9.71. The molecule has 5 saturated heterocycles. The fourth-order valence-electron chi connectivity index (χ4n) is 9.25.